The van der Waals surface area contributed by atoms with Crippen LogP contribution >= 0.6 is 0 Å². The standard InChI is InChI=1S/C34H39N3O4S/c1-24(2)22-36(3)23-25-13-16-30-31(17-18-41-33(30)19-25)35-34(38)21-32(27-10-5-4-6-11-27)37(42(39)40)29-15-14-26-9-7-8-12-28(26)20-29/h4-16,19-20,24,31-32H,17-18,21-23H2,1-3H3,(H,35,38)(H,39,40)/p-1. The summed E-state index contributed by atoms with van der Waals surface area (Å²) in [5.74, 6) is 1.15. The van der Waals surface area contributed by atoms with Gasteiger partial charge in [0.1, 0.15) is 5.75 Å². The van der Waals surface area contributed by atoms with E-state index in [4.69, 9.17) is 4.74 Å². The van der Waals surface area contributed by atoms with Crippen LogP contribution in [0.1, 0.15) is 55.5 Å². The van der Waals surface area contributed by atoms with E-state index in [2.05, 4.69) is 43.2 Å². The highest BCUT2D eigenvalue weighted by molar-refractivity contribution is 7.80. The number of anilines is 1. The molecule has 1 aliphatic heterocycles. The van der Waals surface area contributed by atoms with Crippen molar-refractivity contribution in [2.24, 2.45) is 5.92 Å². The van der Waals surface area contributed by atoms with Gasteiger partial charge >= 0.3 is 0 Å². The van der Waals surface area contributed by atoms with E-state index in [1.54, 1.807) is 6.07 Å². The molecule has 1 aliphatic rings. The molecule has 0 spiro atoms. The Hall–Kier alpha value is -3.72. The summed E-state index contributed by atoms with van der Waals surface area (Å²) in [5, 5.41) is 5.12. The van der Waals surface area contributed by atoms with Gasteiger partial charge in [-0.25, -0.2) is 0 Å². The normalized spacial score (nSPS) is 16.1. The van der Waals surface area contributed by atoms with Crippen molar-refractivity contribution in [3.63, 3.8) is 0 Å². The molecule has 4 aromatic rings. The zero-order chi connectivity index (χ0) is 29.6. The van der Waals surface area contributed by atoms with Crippen LogP contribution in [-0.4, -0.2) is 39.8 Å². The molecule has 1 N–H and O–H groups in total. The second kappa shape index (κ2) is 13.5. The van der Waals surface area contributed by atoms with Gasteiger partial charge in [0.15, 0.2) is 0 Å². The number of fused-ring (bicyclic) bond motifs is 2. The van der Waals surface area contributed by atoms with E-state index < -0.39 is 17.3 Å². The van der Waals surface area contributed by atoms with Crippen molar-refractivity contribution in [2.45, 2.75) is 45.3 Å². The maximum Gasteiger partial charge on any atom is 0.222 e. The van der Waals surface area contributed by atoms with Gasteiger partial charge in [-0.3, -0.25) is 13.3 Å². The van der Waals surface area contributed by atoms with E-state index in [9.17, 15) is 13.6 Å². The number of nitrogens with one attached hydrogen (secondary N) is 1. The molecule has 0 saturated carbocycles. The lowest BCUT2D eigenvalue weighted by molar-refractivity contribution is -0.122. The Labute approximate surface area is 250 Å². The van der Waals surface area contributed by atoms with Gasteiger partial charge in [0.25, 0.3) is 0 Å². The van der Waals surface area contributed by atoms with Crippen LogP contribution < -0.4 is 14.4 Å². The third kappa shape index (κ3) is 7.18. The van der Waals surface area contributed by atoms with Gasteiger partial charge in [0, 0.05) is 42.0 Å². The van der Waals surface area contributed by atoms with E-state index in [-0.39, 0.29) is 18.4 Å². The molecule has 0 saturated heterocycles. The van der Waals surface area contributed by atoms with Crippen molar-refractivity contribution < 1.29 is 18.3 Å². The topological polar surface area (TPSA) is 84.9 Å². The fraction of sp³-hybridized carbons (Fsp3) is 0.324. The predicted octanol–water partition coefficient (Wildman–Crippen LogP) is 6.30. The van der Waals surface area contributed by atoms with Crippen LogP contribution in [0, 0.1) is 5.92 Å². The maximum atomic E-state index is 13.6. The summed E-state index contributed by atoms with van der Waals surface area (Å²) in [4.78, 5) is 15.9. The third-order valence-corrected chi connectivity index (χ3v) is 8.36. The van der Waals surface area contributed by atoms with Crippen LogP contribution in [0.15, 0.2) is 91.0 Å². The van der Waals surface area contributed by atoms with Gasteiger partial charge < -0.3 is 19.5 Å². The lowest BCUT2D eigenvalue weighted by Crippen LogP contribution is -2.37. The summed E-state index contributed by atoms with van der Waals surface area (Å²) < 4.78 is 32.8. The van der Waals surface area contributed by atoms with Gasteiger partial charge in [-0.15, -0.1) is 0 Å². The highest BCUT2D eigenvalue weighted by atomic mass is 32.2. The number of hydrogen-bond donors (Lipinski definition) is 1. The molecule has 0 aromatic heterocycles. The smallest absolute Gasteiger partial charge is 0.222 e. The van der Waals surface area contributed by atoms with Crippen molar-refractivity contribution in [1.82, 2.24) is 10.2 Å². The van der Waals surface area contributed by atoms with Crippen LogP contribution in [0.3, 0.4) is 0 Å². The first-order chi connectivity index (χ1) is 20.3. The Bertz CT molecular complexity index is 1540. The molecule has 5 rings (SSSR count). The van der Waals surface area contributed by atoms with Crippen LogP contribution in [0.4, 0.5) is 5.69 Å². The number of benzene rings is 4. The summed E-state index contributed by atoms with van der Waals surface area (Å²) >= 11 is -2.62. The van der Waals surface area contributed by atoms with Crippen molar-refractivity contribution in [3.05, 3.63) is 108 Å². The molecule has 0 fully saturated rings. The minimum atomic E-state index is -2.62. The van der Waals surface area contributed by atoms with Crippen LogP contribution in [0.25, 0.3) is 10.8 Å². The molecule has 42 heavy (non-hydrogen) atoms. The Balaban J connectivity index is 1.37. The van der Waals surface area contributed by atoms with Crippen molar-refractivity contribution >= 4 is 33.6 Å². The highest BCUT2D eigenvalue weighted by Crippen LogP contribution is 2.36. The Morgan fingerprint density at radius 3 is 2.48 bits per heavy atom. The van der Waals surface area contributed by atoms with Crippen LogP contribution in [0.5, 0.6) is 5.75 Å². The minimum absolute atomic E-state index is 0.0322. The Morgan fingerprint density at radius 2 is 1.74 bits per heavy atom. The second-order valence-corrected chi connectivity index (χ2v) is 12.3. The number of rotatable bonds is 11. The SMILES string of the molecule is CC(C)CN(C)Cc1ccc2c(c1)OCCC2NC(=O)CC(c1ccccc1)N(c1ccc2ccccc2c1)S(=O)[O-]. The Morgan fingerprint density at radius 1 is 1.00 bits per heavy atom. The molecule has 220 valence electrons. The van der Waals surface area contributed by atoms with Crippen molar-refractivity contribution in [1.29, 1.82) is 0 Å². The molecule has 4 aromatic carbocycles. The average Bonchev–Trinajstić information content (AvgIpc) is 2.96. The molecule has 3 atom stereocenters. The molecule has 8 heteroatoms. The summed E-state index contributed by atoms with van der Waals surface area (Å²) in [6.45, 7) is 6.74. The van der Waals surface area contributed by atoms with Gasteiger partial charge in [-0.2, -0.15) is 0 Å². The van der Waals surface area contributed by atoms with Crippen LogP contribution in [0.2, 0.25) is 0 Å². The van der Waals surface area contributed by atoms with Crippen molar-refractivity contribution in [3.8, 4) is 5.75 Å². The summed E-state index contributed by atoms with van der Waals surface area (Å²) in [5.41, 5.74) is 3.36. The number of hydrogen-bond acceptors (Lipinski definition) is 5. The fourth-order valence-electron chi connectivity index (χ4n) is 5.81. The average molecular weight is 585 g/mol. The number of amides is 1. The van der Waals surface area contributed by atoms with E-state index in [1.165, 1.54) is 4.31 Å². The Kier molecular flexibility index (Phi) is 9.57. The van der Waals surface area contributed by atoms with E-state index in [0.29, 0.717) is 24.6 Å². The number of carbonyl (C=O) groups is 1. The number of nitrogens with zero attached hydrogens (tertiary/aromatic N) is 2. The lowest BCUT2D eigenvalue weighted by Gasteiger charge is -2.35. The molecule has 3 unspecified atom stereocenters. The second-order valence-electron chi connectivity index (χ2n) is 11.4. The quantitative estimate of drug-likeness (QED) is 0.209. The first-order valence-electron chi connectivity index (χ1n) is 14.4. The molecular formula is C34H38N3O4S-. The summed E-state index contributed by atoms with van der Waals surface area (Å²) in [7, 11) is 2.11. The molecule has 0 radical (unpaired) electrons. The summed E-state index contributed by atoms with van der Waals surface area (Å²) in [6.07, 6.45) is 0.610. The van der Waals surface area contributed by atoms with Gasteiger partial charge in [0.2, 0.25) is 5.91 Å². The van der Waals surface area contributed by atoms with E-state index >= 15 is 0 Å². The predicted molar refractivity (Wildman–Crippen MR) is 168 cm³/mol. The van der Waals surface area contributed by atoms with E-state index in [0.717, 1.165) is 46.3 Å². The maximum absolute atomic E-state index is 13.6. The van der Waals surface area contributed by atoms with Crippen LogP contribution in [-0.2, 0) is 22.6 Å². The third-order valence-electron chi connectivity index (χ3n) is 7.58. The van der Waals surface area contributed by atoms with Gasteiger partial charge in [0.05, 0.1) is 25.1 Å². The summed E-state index contributed by atoms with van der Waals surface area (Å²) in [6, 6.07) is 27.9. The zero-order valence-corrected chi connectivity index (χ0v) is 25.2. The minimum Gasteiger partial charge on any atom is -0.755 e. The van der Waals surface area contributed by atoms with Gasteiger partial charge in [-0.1, -0.05) is 86.6 Å². The molecule has 0 bridgehead atoms. The monoisotopic (exact) mass is 584 g/mol. The first-order valence-corrected chi connectivity index (χ1v) is 15.5. The van der Waals surface area contributed by atoms with E-state index in [1.807, 2.05) is 72.8 Å². The molecule has 0 aliphatic carbocycles. The molecule has 1 amide bonds. The largest absolute Gasteiger partial charge is 0.755 e. The molecular weight excluding hydrogens is 546 g/mol. The fourth-order valence-corrected chi connectivity index (χ4v) is 6.50. The van der Waals surface area contributed by atoms with Gasteiger partial charge in [-0.05, 0) is 53.1 Å². The lowest BCUT2D eigenvalue weighted by atomic mass is 9.97. The number of carbonyl (C=O) groups excluding carboxylic acids is 1. The zero-order valence-electron chi connectivity index (χ0n) is 24.4. The molecule has 7 nitrogen and oxygen atoms in total. The number of ether oxygens (including phenoxy) is 1. The first kappa shape index (κ1) is 29.8. The molecule has 1 heterocycles. The highest BCUT2D eigenvalue weighted by Gasteiger charge is 2.28. The van der Waals surface area contributed by atoms with Crippen molar-refractivity contribution in [2.75, 3.05) is 24.5 Å².